The summed E-state index contributed by atoms with van der Waals surface area (Å²) in [5.41, 5.74) is 1.11. The molecule has 2 aromatic carbocycles. The summed E-state index contributed by atoms with van der Waals surface area (Å²) in [6, 6.07) is 17.5. The van der Waals surface area contributed by atoms with Crippen molar-refractivity contribution in [3.05, 3.63) is 64.6 Å². The first kappa shape index (κ1) is 13.1. The van der Waals surface area contributed by atoms with Crippen LogP contribution in [0.4, 0.5) is 0 Å². The van der Waals surface area contributed by atoms with E-state index >= 15 is 0 Å². The minimum atomic E-state index is -0.494. The van der Waals surface area contributed by atoms with Crippen molar-refractivity contribution in [1.82, 2.24) is 0 Å². The molecule has 0 fully saturated rings. The van der Waals surface area contributed by atoms with Gasteiger partial charge in [0.2, 0.25) is 0 Å². The quantitative estimate of drug-likeness (QED) is 0.917. The molecule has 1 atom stereocenters. The van der Waals surface area contributed by atoms with Gasteiger partial charge in [-0.15, -0.1) is 0 Å². The molecule has 2 aromatic rings. The molecular weight excluding hydrogens is 292 g/mol. The first-order valence-corrected chi connectivity index (χ1v) is 6.64. The van der Waals surface area contributed by atoms with Gasteiger partial charge in [0.15, 0.2) is 0 Å². The lowest BCUT2D eigenvalue weighted by molar-refractivity contribution is 0.107. The molecule has 94 valence electrons. The van der Waals surface area contributed by atoms with Gasteiger partial charge in [0, 0.05) is 10.9 Å². The molecule has 0 aliphatic heterocycles. The molecule has 0 saturated carbocycles. The molecule has 0 aliphatic carbocycles. The highest BCUT2D eigenvalue weighted by molar-refractivity contribution is 9.10. The van der Waals surface area contributed by atoms with E-state index in [1.54, 1.807) is 0 Å². The predicted octanol–water partition coefficient (Wildman–Crippen LogP) is 3.43. The van der Waals surface area contributed by atoms with Gasteiger partial charge in [0.05, 0.1) is 6.10 Å². The van der Waals surface area contributed by atoms with Gasteiger partial charge in [-0.1, -0.05) is 52.3 Å². The highest BCUT2D eigenvalue weighted by atomic mass is 79.9. The SMILES string of the molecule is OC(COc1cccc(Br)c1)Cc1ccccc1. The van der Waals surface area contributed by atoms with Gasteiger partial charge >= 0.3 is 0 Å². The Hall–Kier alpha value is -1.32. The first-order chi connectivity index (χ1) is 8.74. The van der Waals surface area contributed by atoms with Gasteiger partial charge in [-0.2, -0.15) is 0 Å². The Kier molecular flexibility index (Phi) is 4.79. The average Bonchev–Trinajstić information content (AvgIpc) is 2.38. The molecule has 0 saturated heterocycles. The van der Waals surface area contributed by atoms with Crippen molar-refractivity contribution in [2.24, 2.45) is 0 Å². The van der Waals surface area contributed by atoms with E-state index in [9.17, 15) is 5.11 Å². The maximum atomic E-state index is 9.90. The third kappa shape index (κ3) is 4.17. The molecule has 0 amide bonds. The molecule has 0 bridgehead atoms. The van der Waals surface area contributed by atoms with Crippen LogP contribution in [0.2, 0.25) is 0 Å². The first-order valence-electron chi connectivity index (χ1n) is 5.84. The van der Waals surface area contributed by atoms with E-state index in [2.05, 4.69) is 15.9 Å². The fraction of sp³-hybridized carbons (Fsp3) is 0.200. The largest absolute Gasteiger partial charge is 0.491 e. The molecule has 0 aliphatic rings. The molecule has 0 aromatic heterocycles. The molecule has 18 heavy (non-hydrogen) atoms. The number of hydrogen-bond donors (Lipinski definition) is 1. The number of hydrogen-bond acceptors (Lipinski definition) is 2. The van der Waals surface area contributed by atoms with Crippen LogP contribution in [0, 0.1) is 0 Å². The number of aliphatic hydroxyl groups is 1. The second-order valence-corrected chi connectivity index (χ2v) is 5.03. The maximum Gasteiger partial charge on any atom is 0.120 e. The fourth-order valence-corrected chi connectivity index (χ4v) is 2.07. The van der Waals surface area contributed by atoms with Crippen LogP contribution in [0.3, 0.4) is 0 Å². The summed E-state index contributed by atoms with van der Waals surface area (Å²) in [5, 5.41) is 9.90. The molecule has 1 unspecified atom stereocenters. The van der Waals surface area contributed by atoms with Crippen LogP contribution in [0.1, 0.15) is 5.56 Å². The Balaban J connectivity index is 1.83. The van der Waals surface area contributed by atoms with Crippen molar-refractivity contribution in [2.45, 2.75) is 12.5 Å². The summed E-state index contributed by atoms with van der Waals surface area (Å²) in [5.74, 6) is 0.761. The smallest absolute Gasteiger partial charge is 0.120 e. The summed E-state index contributed by atoms with van der Waals surface area (Å²) in [6.45, 7) is 0.297. The zero-order valence-corrected chi connectivity index (χ0v) is 11.5. The molecule has 0 spiro atoms. The van der Waals surface area contributed by atoms with Crippen LogP contribution in [-0.2, 0) is 6.42 Å². The van der Waals surface area contributed by atoms with E-state index < -0.39 is 6.10 Å². The highest BCUT2D eigenvalue weighted by Crippen LogP contribution is 2.18. The normalized spacial score (nSPS) is 12.1. The minimum Gasteiger partial charge on any atom is -0.491 e. The molecular formula is C15H15BrO2. The lowest BCUT2D eigenvalue weighted by Crippen LogP contribution is -2.20. The van der Waals surface area contributed by atoms with Crippen LogP contribution in [0.5, 0.6) is 5.75 Å². The third-order valence-electron chi connectivity index (χ3n) is 2.55. The van der Waals surface area contributed by atoms with E-state index in [1.807, 2.05) is 54.6 Å². The maximum absolute atomic E-state index is 9.90. The van der Waals surface area contributed by atoms with Gasteiger partial charge in [-0.05, 0) is 23.8 Å². The number of halogens is 1. The molecule has 2 rings (SSSR count). The summed E-state index contributed by atoms with van der Waals surface area (Å²) >= 11 is 3.38. The van der Waals surface area contributed by atoms with Crippen molar-refractivity contribution >= 4 is 15.9 Å². The van der Waals surface area contributed by atoms with Crippen LogP contribution in [-0.4, -0.2) is 17.8 Å². The van der Waals surface area contributed by atoms with Gasteiger partial charge in [0.1, 0.15) is 12.4 Å². The lowest BCUT2D eigenvalue weighted by Gasteiger charge is -2.12. The third-order valence-corrected chi connectivity index (χ3v) is 3.05. The Bertz CT molecular complexity index is 485. The van der Waals surface area contributed by atoms with E-state index in [1.165, 1.54) is 0 Å². The molecule has 2 nitrogen and oxygen atoms in total. The zero-order valence-electron chi connectivity index (χ0n) is 9.92. The molecule has 1 N–H and O–H groups in total. The van der Waals surface area contributed by atoms with E-state index in [4.69, 9.17) is 4.74 Å². The van der Waals surface area contributed by atoms with Crippen molar-refractivity contribution in [2.75, 3.05) is 6.61 Å². The average molecular weight is 307 g/mol. The van der Waals surface area contributed by atoms with Gasteiger partial charge in [0.25, 0.3) is 0 Å². The van der Waals surface area contributed by atoms with Crippen molar-refractivity contribution in [1.29, 1.82) is 0 Å². The minimum absolute atomic E-state index is 0.297. The van der Waals surface area contributed by atoms with Crippen LogP contribution >= 0.6 is 15.9 Å². The summed E-state index contributed by atoms with van der Waals surface area (Å²) in [6.07, 6.45) is 0.112. The van der Waals surface area contributed by atoms with Gasteiger partial charge in [-0.3, -0.25) is 0 Å². The van der Waals surface area contributed by atoms with Gasteiger partial charge < -0.3 is 9.84 Å². The van der Waals surface area contributed by atoms with Crippen molar-refractivity contribution in [3.63, 3.8) is 0 Å². The zero-order chi connectivity index (χ0) is 12.8. The Morgan fingerprint density at radius 3 is 2.56 bits per heavy atom. The second kappa shape index (κ2) is 6.57. The standard InChI is InChI=1S/C15H15BrO2/c16-13-7-4-8-15(10-13)18-11-14(17)9-12-5-2-1-3-6-12/h1-8,10,14,17H,9,11H2. The highest BCUT2D eigenvalue weighted by Gasteiger charge is 2.06. The summed E-state index contributed by atoms with van der Waals surface area (Å²) in [7, 11) is 0. The van der Waals surface area contributed by atoms with E-state index in [0.29, 0.717) is 13.0 Å². The topological polar surface area (TPSA) is 29.5 Å². The number of benzene rings is 2. The lowest BCUT2D eigenvalue weighted by atomic mass is 10.1. The van der Waals surface area contributed by atoms with Crippen LogP contribution in [0.15, 0.2) is 59.1 Å². The molecule has 3 heteroatoms. The second-order valence-electron chi connectivity index (χ2n) is 4.11. The number of ether oxygens (including phenoxy) is 1. The van der Waals surface area contributed by atoms with Crippen molar-refractivity contribution in [3.8, 4) is 5.75 Å². The van der Waals surface area contributed by atoms with Crippen LogP contribution < -0.4 is 4.74 Å². The summed E-state index contributed by atoms with van der Waals surface area (Å²) < 4.78 is 6.51. The van der Waals surface area contributed by atoms with Gasteiger partial charge in [-0.25, -0.2) is 0 Å². The van der Waals surface area contributed by atoms with Crippen molar-refractivity contribution < 1.29 is 9.84 Å². The van der Waals surface area contributed by atoms with Crippen LogP contribution in [0.25, 0.3) is 0 Å². The Labute approximate surface area is 115 Å². The van der Waals surface area contributed by atoms with E-state index in [0.717, 1.165) is 15.8 Å². The molecule has 0 radical (unpaired) electrons. The summed E-state index contributed by atoms with van der Waals surface area (Å²) in [4.78, 5) is 0. The Morgan fingerprint density at radius 2 is 1.83 bits per heavy atom. The number of aliphatic hydroxyl groups excluding tert-OH is 1. The monoisotopic (exact) mass is 306 g/mol. The number of rotatable bonds is 5. The predicted molar refractivity (Wildman–Crippen MR) is 75.8 cm³/mol. The van der Waals surface area contributed by atoms with E-state index in [-0.39, 0.29) is 0 Å². The molecule has 0 heterocycles. The fourth-order valence-electron chi connectivity index (χ4n) is 1.69. The Morgan fingerprint density at radius 1 is 1.06 bits per heavy atom.